The van der Waals surface area contributed by atoms with E-state index in [2.05, 4.69) is 0 Å². The molecule has 0 atom stereocenters. The van der Waals surface area contributed by atoms with Gasteiger partial charge in [-0.1, -0.05) is 25.5 Å². The zero-order chi connectivity index (χ0) is 15.4. The van der Waals surface area contributed by atoms with Crippen molar-refractivity contribution in [2.45, 2.75) is 47.0 Å². The van der Waals surface area contributed by atoms with Gasteiger partial charge in [-0.3, -0.25) is 9.59 Å². The summed E-state index contributed by atoms with van der Waals surface area (Å²) in [7, 11) is 0. The van der Waals surface area contributed by atoms with Crippen LogP contribution in [0.5, 0.6) is 0 Å². The molecule has 2 N–H and O–H groups in total. The van der Waals surface area contributed by atoms with E-state index in [-0.39, 0.29) is 47.2 Å². The van der Waals surface area contributed by atoms with Crippen LogP contribution in [-0.4, -0.2) is 21.8 Å². The van der Waals surface area contributed by atoms with Crippen LogP contribution in [-0.2, 0) is 9.59 Å². The summed E-state index contributed by atoms with van der Waals surface area (Å²) in [6.45, 7) is 7.55. The molecule has 0 amide bonds. The Labute approximate surface area is 119 Å². The van der Waals surface area contributed by atoms with Gasteiger partial charge in [0.2, 0.25) is 0 Å². The van der Waals surface area contributed by atoms with Crippen LogP contribution < -0.4 is 0 Å². The van der Waals surface area contributed by atoms with Crippen molar-refractivity contribution in [2.24, 2.45) is 5.92 Å². The van der Waals surface area contributed by atoms with Crippen molar-refractivity contribution in [3.8, 4) is 0 Å². The Morgan fingerprint density at radius 2 is 1.90 bits per heavy atom. The van der Waals surface area contributed by atoms with E-state index in [4.69, 9.17) is 0 Å². The van der Waals surface area contributed by atoms with Gasteiger partial charge >= 0.3 is 0 Å². The second-order valence-electron chi connectivity index (χ2n) is 5.76. The topological polar surface area (TPSA) is 74.6 Å². The summed E-state index contributed by atoms with van der Waals surface area (Å²) in [6.07, 6.45) is 2.14. The number of aliphatic hydroxyl groups excluding tert-OH is 2. The van der Waals surface area contributed by atoms with Gasteiger partial charge < -0.3 is 10.2 Å². The molecule has 4 nitrogen and oxygen atoms in total. The molecule has 20 heavy (non-hydrogen) atoms. The molecule has 1 aliphatic rings. The number of hydrogen-bond acceptors (Lipinski definition) is 4. The minimum Gasteiger partial charge on any atom is -0.511 e. The Balaban J connectivity index is 3.16. The molecule has 0 radical (unpaired) electrons. The molecule has 0 unspecified atom stereocenters. The van der Waals surface area contributed by atoms with Crippen LogP contribution in [0.25, 0.3) is 0 Å². The number of ketones is 2. The molecule has 0 fully saturated rings. The molecular weight excluding hydrogens is 256 g/mol. The van der Waals surface area contributed by atoms with Crippen LogP contribution >= 0.6 is 0 Å². The maximum atomic E-state index is 12.1. The number of carbonyl (C=O) groups is 2. The number of hydrogen-bond donors (Lipinski definition) is 2. The van der Waals surface area contributed by atoms with E-state index in [1.54, 1.807) is 0 Å². The minimum atomic E-state index is -0.508. The predicted octanol–water partition coefficient (Wildman–Crippen LogP) is 3.55. The predicted molar refractivity (Wildman–Crippen MR) is 77.4 cm³/mol. The van der Waals surface area contributed by atoms with Crippen LogP contribution in [0.2, 0.25) is 0 Å². The van der Waals surface area contributed by atoms with Gasteiger partial charge in [0.05, 0.1) is 6.42 Å². The number of carbonyl (C=O) groups excluding carboxylic acids is 2. The van der Waals surface area contributed by atoms with Crippen LogP contribution in [0.3, 0.4) is 0 Å². The maximum Gasteiger partial charge on any atom is 0.177 e. The number of Topliss-reactive ketones (excluding diaryl/α,β-unsaturated/α-hetero) is 2. The Hall–Kier alpha value is -1.84. The van der Waals surface area contributed by atoms with Gasteiger partial charge in [0.25, 0.3) is 0 Å². The van der Waals surface area contributed by atoms with Gasteiger partial charge in [-0.2, -0.15) is 0 Å². The molecule has 0 aromatic carbocycles. The minimum absolute atomic E-state index is 0.108. The fourth-order valence-electron chi connectivity index (χ4n) is 2.05. The lowest BCUT2D eigenvalue weighted by atomic mass is 9.87. The summed E-state index contributed by atoms with van der Waals surface area (Å²) < 4.78 is 0. The molecule has 0 aromatic rings. The summed E-state index contributed by atoms with van der Waals surface area (Å²) in [4.78, 5) is 23.9. The maximum absolute atomic E-state index is 12.1. The van der Waals surface area contributed by atoms with Crippen molar-refractivity contribution in [3.63, 3.8) is 0 Å². The normalized spacial score (nSPS) is 15.9. The van der Waals surface area contributed by atoms with Crippen molar-refractivity contribution in [2.75, 3.05) is 0 Å². The molecule has 0 aliphatic heterocycles. The van der Waals surface area contributed by atoms with E-state index < -0.39 is 5.78 Å². The summed E-state index contributed by atoms with van der Waals surface area (Å²) in [6, 6.07) is 0. The van der Waals surface area contributed by atoms with Gasteiger partial charge in [-0.15, -0.1) is 0 Å². The van der Waals surface area contributed by atoms with Crippen molar-refractivity contribution >= 4 is 11.6 Å². The average Bonchev–Trinajstić information content (AvgIpc) is 2.26. The second kappa shape index (κ2) is 6.55. The van der Waals surface area contributed by atoms with Gasteiger partial charge in [-0.25, -0.2) is 0 Å². The summed E-state index contributed by atoms with van der Waals surface area (Å²) >= 11 is 0. The highest BCUT2D eigenvalue weighted by Crippen LogP contribution is 2.29. The third kappa shape index (κ3) is 3.83. The molecule has 4 heteroatoms. The van der Waals surface area contributed by atoms with Crippen molar-refractivity contribution in [3.05, 3.63) is 34.3 Å². The Morgan fingerprint density at radius 3 is 2.40 bits per heavy atom. The lowest BCUT2D eigenvalue weighted by Crippen LogP contribution is -2.22. The van der Waals surface area contributed by atoms with Crippen LogP contribution in [0.1, 0.15) is 47.0 Å². The highest BCUT2D eigenvalue weighted by molar-refractivity contribution is 6.22. The first-order valence-electron chi connectivity index (χ1n) is 6.78. The molecule has 1 aliphatic carbocycles. The SMILES string of the molecule is CC(C)=CCC1=C(O)CC(=O)C(C(=O)CC(C)C)=C1O. The average molecular weight is 278 g/mol. The molecule has 1 rings (SSSR count). The third-order valence-corrected chi connectivity index (χ3v) is 3.06. The second-order valence-corrected chi connectivity index (χ2v) is 5.76. The first-order chi connectivity index (χ1) is 9.23. The van der Waals surface area contributed by atoms with Gasteiger partial charge in [0.1, 0.15) is 17.1 Å². The van der Waals surface area contributed by atoms with E-state index in [1.807, 2.05) is 33.8 Å². The molecule has 0 heterocycles. The van der Waals surface area contributed by atoms with Crippen molar-refractivity contribution in [1.29, 1.82) is 0 Å². The Bertz CT molecular complexity index is 515. The zero-order valence-electron chi connectivity index (χ0n) is 12.5. The highest BCUT2D eigenvalue weighted by atomic mass is 16.3. The van der Waals surface area contributed by atoms with E-state index in [0.717, 1.165) is 5.57 Å². The Kier molecular flexibility index (Phi) is 5.31. The molecule has 0 spiro atoms. The quantitative estimate of drug-likeness (QED) is 0.595. The molecular formula is C16H22O4. The molecule has 0 aromatic heterocycles. The lowest BCUT2D eigenvalue weighted by molar-refractivity contribution is -0.122. The highest BCUT2D eigenvalue weighted by Gasteiger charge is 2.31. The van der Waals surface area contributed by atoms with Gasteiger partial charge in [0.15, 0.2) is 11.6 Å². The zero-order valence-corrected chi connectivity index (χ0v) is 12.5. The smallest absolute Gasteiger partial charge is 0.177 e. The summed E-state index contributed by atoms with van der Waals surface area (Å²) in [5.41, 5.74) is 1.15. The van der Waals surface area contributed by atoms with Crippen LogP contribution in [0.15, 0.2) is 34.3 Å². The third-order valence-electron chi connectivity index (χ3n) is 3.06. The van der Waals surface area contributed by atoms with Gasteiger partial charge in [-0.05, 0) is 26.2 Å². The number of rotatable bonds is 5. The number of aliphatic hydroxyl groups is 2. The van der Waals surface area contributed by atoms with Crippen molar-refractivity contribution < 1.29 is 19.8 Å². The van der Waals surface area contributed by atoms with Gasteiger partial charge in [0, 0.05) is 12.0 Å². The largest absolute Gasteiger partial charge is 0.511 e. The Morgan fingerprint density at radius 1 is 1.30 bits per heavy atom. The lowest BCUT2D eigenvalue weighted by Gasteiger charge is -2.18. The molecule has 0 saturated heterocycles. The van der Waals surface area contributed by atoms with E-state index in [0.29, 0.717) is 6.42 Å². The van der Waals surface area contributed by atoms with Crippen LogP contribution in [0.4, 0.5) is 0 Å². The standard InChI is InChI=1S/C16H22O4/c1-9(2)5-6-11-12(17)8-14(19)15(16(11)20)13(18)7-10(3)4/h5,10,17,20H,6-8H2,1-4H3. The summed E-state index contributed by atoms with van der Waals surface area (Å²) in [5.74, 6) is -1.26. The monoisotopic (exact) mass is 278 g/mol. The molecule has 0 bridgehead atoms. The summed E-state index contributed by atoms with van der Waals surface area (Å²) in [5, 5.41) is 20.0. The molecule has 110 valence electrons. The fourth-order valence-corrected chi connectivity index (χ4v) is 2.05. The van der Waals surface area contributed by atoms with Crippen molar-refractivity contribution in [1.82, 2.24) is 0 Å². The fraction of sp³-hybridized carbons (Fsp3) is 0.500. The van der Waals surface area contributed by atoms with E-state index >= 15 is 0 Å². The first-order valence-corrected chi connectivity index (χ1v) is 6.78. The number of allylic oxidation sites excluding steroid dienone is 5. The van der Waals surface area contributed by atoms with Crippen LogP contribution in [0, 0.1) is 5.92 Å². The van der Waals surface area contributed by atoms with E-state index in [1.165, 1.54) is 0 Å². The first kappa shape index (κ1) is 16.2. The van der Waals surface area contributed by atoms with E-state index in [9.17, 15) is 19.8 Å². The molecule has 0 saturated carbocycles.